The summed E-state index contributed by atoms with van der Waals surface area (Å²) in [5.41, 5.74) is -0.0880. The first kappa shape index (κ1) is 19.1. The van der Waals surface area contributed by atoms with Crippen molar-refractivity contribution in [3.63, 3.8) is 0 Å². The summed E-state index contributed by atoms with van der Waals surface area (Å²) in [6, 6.07) is 6.32. The molecule has 1 amide bonds. The number of oxime groups is 1. The molecule has 0 aliphatic heterocycles. The molecule has 1 rings (SSSR count). The second kappa shape index (κ2) is 8.09. The number of nitrogens with zero attached hydrogens (tertiary/aromatic N) is 1. The van der Waals surface area contributed by atoms with Crippen LogP contribution >= 0.6 is 0 Å². The molecule has 24 heavy (non-hydrogen) atoms. The molecule has 1 aromatic carbocycles. The first-order valence-corrected chi connectivity index (χ1v) is 7.20. The third kappa shape index (κ3) is 5.71. The fraction of sp³-hybridized carbons (Fsp3) is 0.375. The molecule has 0 aromatic heterocycles. The number of carboxylic acid groups (broad SMARTS) is 1. The molecule has 0 aliphatic carbocycles. The van der Waals surface area contributed by atoms with Crippen LogP contribution in [0.1, 0.15) is 39.2 Å². The van der Waals surface area contributed by atoms with Crippen molar-refractivity contribution < 1.29 is 29.4 Å². The van der Waals surface area contributed by atoms with Gasteiger partial charge in [-0.1, -0.05) is 17.3 Å². The van der Waals surface area contributed by atoms with Gasteiger partial charge in [-0.25, -0.2) is 0 Å². The van der Waals surface area contributed by atoms with Crippen LogP contribution in [0.15, 0.2) is 29.4 Å². The van der Waals surface area contributed by atoms with Crippen LogP contribution in [-0.4, -0.2) is 39.5 Å². The lowest BCUT2D eigenvalue weighted by atomic mass is 10.0. The Morgan fingerprint density at radius 1 is 1.17 bits per heavy atom. The van der Waals surface area contributed by atoms with Crippen molar-refractivity contribution in [1.29, 1.82) is 0 Å². The Labute approximate surface area is 139 Å². The highest BCUT2D eigenvalue weighted by Crippen LogP contribution is 2.17. The summed E-state index contributed by atoms with van der Waals surface area (Å²) in [5, 5.41) is 23.4. The Balaban J connectivity index is 2.79. The first-order valence-electron chi connectivity index (χ1n) is 7.20. The number of carbonyl (C=O) groups is 3. The zero-order valence-corrected chi connectivity index (χ0v) is 13.7. The van der Waals surface area contributed by atoms with Gasteiger partial charge < -0.3 is 20.4 Å². The number of benzene rings is 1. The van der Waals surface area contributed by atoms with Crippen molar-refractivity contribution >= 4 is 29.2 Å². The maximum atomic E-state index is 12.1. The molecule has 0 spiro atoms. The highest BCUT2D eigenvalue weighted by molar-refractivity contribution is 6.02. The molecular formula is C16H20N2O6. The van der Waals surface area contributed by atoms with Crippen LogP contribution in [0.2, 0.25) is 0 Å². The SMILES string of the molecule is CC(=O)OC(C)(C)C(=O)Nc1ccc(/C(CCC(=O)O)=N/O)cc1. The van der Waals surface area contributed by atoms with Crippen molar-refractivity contribution in [1.82, 2.24) is 0 Å². The average Bonchev–Trinajstić information content (AvgIpc) is 2.47. The quantitative estimate of drug-likeness (QED) is 0.303. The third-order valence-corrected chi connectivity index (χ3v) is 3.12. The van der Waals surface area contributed by atoms with E-state index in [9.17, 15) is 14.4 Å². The molecule has 0 unspecified atom stereocenters. The zero-order chi connectivity index (χ0) is 18.3. The monoisotopic (exact) mass is 336 g/mol. The van der Waals surface area contributed by atoms with Crippen molar-refractivity contribution in [2.75, 3.05) is 5.32 Å². The minimum absolute atomic E-state index is 0.0804. The molecule has 0 saturated carbocycles. The number of nitrogens with one attached hydrogen (secondary N) is 1. The van der Waals surface area contributed by atoms with Gasteiger partial charge in [-0.2, -0.15) is 0 Å². The van der Waals surface area contributed by atoms with E-state index in [2.05, 4.69) is 10.5 Å². The molecule has 0 aliphatic rings. The summed E-state index contributed by atoms with van der Waals surface area (Å²) in [6.07, 6.45) is -0.0779. The van der Waals surface area contributed by atoms with Crippen molar-refractivity contribution in [3.8, 4) is 0 Å². The Bertz CT molecular complexity index is 649. The molecule has 8 nitrogen and oxygen atoms in total. The fourth-order valence-corrected chi connectivity index (χ4v) is 1.91. The van der Waals surface area contributed by atoms with E-state index >= 15 is 0 Å². The van der Waals surface area contributed by atoms with Gasteiger partial charge in [0, 0.05) is 19.0 Å². The number of aliphatic carboxylic acids is 1. The molecule has 0 bridgehead atoms. The smallest absolute Gasteiger partial charge is 0.303 e. The molecule has 0 radical (unpaired) electrons. The van der Waals surface area contributed by atoms with Crippen molar-refractivity contribution in [2.24, 2.45) is 5.16 Å². The topological polar surface area (TPSA) is 125 Å². The lowest BCUT2D eigenvalue weighted by Gasteiger charge is -2.23. The van der Waals surface area contributed by atoms with Gasteiger partial charge in [0.05, 0.1) is 12.1 Å². The van der Waals surface area contributed by atoms with Crippen LogP contribution in [0.3, 0.4) is 0 Å². The van der Waals surface area contributed by atoms with E-state index in [0.29, 0.717) is 11.3 Å². The van der Waals surface area contributed by atoms with Crippen molar-refractivity contribution in [3.05, 3.63) is 29.8 Å². The van der Waals surface area contributed by atoms with E-state index in [1.54, 1.807) is 24.3 Å². The number of ether oxygens (including phenoxy) is 1. The molecule has 0 atom stereocenters. The average molecular weight is 336 g/mol. The second-order valence-corrected chi connectivity index (χ2v) is 5.58. The third-order valence-electron chi connectivity index (χ3n) is 3.12. The largest absolute Gasteiger partial charge is 0.481 e. The number of hydrogen-bond donors (Lipinski definition) is 3. The summed E-state index contributed by atoms with van der Waals surface area (Å²) in [6.45, 7) is 4.16. The van der Waals surface area contributed by atoms with Gasteiger partial charge in [-0.15, -0.1) is 0 Å². The Morgan fingerprint density at radius 3 is 2.21 bits per heavy atom. The van der Waals surface area contributed by atoms with Gasteiger partial charge >= 0.3 is 11.9 Å². The number of hydrogen-bond acceptors (Lipinski definition) is 6. The minimum Gasteiger partial charge on any atom is -0.481 e. The van der Waals surface area contributed by atoms with Crippen LogP contribution in [0, 0.1) is 0 Å². The standard InChI is InChI=1S/C16H20N2O6/c1-10(19)24-16(2,3)15(22)17-12-6-4-11(5-7-12)13(18-23)8-9-14(20)21/h4-7,23H,8-9H2,1-3H3,(H,17,22)(H,20,21)/b18-13+. The number of anilines is 1. The number of rotatable bonds is 7. The first-order chi connectivity index (χ1) is 11.2. The Kier molecular flexibility index (Phi) is 6.46. The molecule has 0 heterocycles. The normalized spacial score (nSPS) is 11.7. The second-order valence-electron chi connectivity index (χ2n) is 5.58. The molecule has 3 N–H and O–H groups in total. The minimum atomic E-state index is -1.32. The zero-order valence-electron chi connectivity index (χ0n) is 13.7. The van der Waals surface area contributed by atoms with Gasteiger partial charge in [0.25, 0.3) is 5.91 Å². The highest BCUT2D eigenvalue weighted by Gasteiger charge is 2.31. The van der Waals surface area contributed by atoms with Crippen LogP contribution in [-0.2, 0) is 19.1 Å². The maximum absolute atomic E-state index is 12.1. The Hall–Kier alpha value is -2.90. The van der Waals surface area contributed by atoms with Crippen LogP contribution in [0.25, 0.3) is 0 Å². The number of amides is 1. The predicted octanol–water partition coefficient (Wildman–Crippen LogP) is 2.01. The van der Waals surface area contributed by atoms with Crippen LogP contribution < -0.4 is 5.32 Å². The van der Waals surface area contributed by atoms with Crippen LogP contribution in [0.5, 0.6) is 0 Å². The van der Waals surface area contributed by atoms with E-state index < -0.39 is 23.4 Å². The van der Waals surface area contributed by atoms with Crippen LogP contribution in [0.4, 0.5) is 5.69 Å². The molecule has 130 valence electrons. The van der Waals surface area contributed by atoms with Gasteiger partial charge in [-0.3, -0.25) is 14.4 Å². The number of carbonyl (C=O) groups excluding carboxylic acids is 2. The summed E-state index contributed by atoms with van der Waals surface area (Å²) >= 11 is 0. The number of esters is 1. The maximum Gasteiger partial charge on any atom is 0.303 e. The lowest BCUT2D eigenvalue weighted by Crippen LogP contribution is -2.41. The molecule has 8 heteroatoms. The van der Waals surface area contributed by atoms with Gasteiger partial charge in [0.2, 0.25) is 0 Å². The van der Waals surface area contributed by atoms with E-state index in [-0.39, 0.29) is 18.6 Å². The molecular weight excluding hydrogens is 316 g/mol. The summed E-state index contributed by atoms with van der Waals surface area (Å²) in [4.78, 5) is 33.7. The molecule has 1 aromatic rings. The van der Waals surface area contributed by atoms with E-state index in [1.807, 2.05) is 0 Å². The fourth-order valence-electron chi connectivity index (χ4n) is 1.91. The van der Waals surface area contributed by atoms with Crippen molar-refractivity contribution in [2.45, 2.75) is 39.2 Å². The van der Waals surface area contributed by atoms with E-state index in [4.69, 9.17) is 15.1 Å². The Morgan fingerprint density at radius 2 is 1.75 bits per heavy atom. The molecule has 0 fully saturated rings. The molecule has 0 saturated heterocycles. The highest BCUT2D eigenvalue weighted by atomic mass is 16.6. The van der Waals surface area contributed by atoms with E-state index in [0.717, 1.165) is 0 Å². The van der Waals surface area contributed by atoms with Gasteiger partial charge in [0.1, 0.15) is 0 Å². The summed E-state index contributed by atoms with van der Waals surface area (Å²) in [5.74, 6) is -2.05. The summed E-state index contributed by atoms with van der Waals surface area (Å²) < 4.78 is 4.95. The predicted molar refractivity (Wildman–Crippen MR) is 86.1 cm³/mol. The van der Waals surface area contributed by atoms with E-state index in [1.165, 1.54) is 20.8 Å². The lowest BCUT2D eigenvalue weighted by molar-refractivity contribution is -0.160. The van der Waals surface area contributed by atoms with Gasteiger partial charge in [-0.05, 0) is 31.5 Å². The summed E-state index contributed by atoms with van der Waals surface area (Å²) in [7, 11) is 0. The number of carboxylic acids is 1. The van der Waals surface area contributed by atoms with Gasteiger partial charge in [0.15, 0.2) is 5.60 Å².